The summed E-state index contributed by atoms with van der Waals surface area (Å²) in [6, 6.07) is 7.30. The van der Waals surface area contributed by atoms with E-state index in [0.29, 0.717) is 5.01 Å². The van der Waals surface area contributed by atoms with Crippen LogP contribution in [0.15, 0.2) is 29.6 Å². The number of carbonyl (C=O) groups is 1. The second-order valence-electron chi connectivity index (χ2n) is 4.48. The fourth-order valence-corrected chi connectivity index (χ4v) is 2.88. The number of nitrogens with zero attached hydrogens (tertiary/aromatic N) is 1. The number of amides is 1. The molecule has 2 aromatic rings. The third kappa shape index (κ3) is 4.92. The number of rotatable bonds is 5. The van der Waals surface area contributed by atoms with E-state index in [9.17, 15) is 13.2 Å². The van der Waals surface area contributed by atoms with Gasteiger partial charge < -0.3 is 5.32 Å². The van der Waals surface area contributed by atoms with Crippen LogP contribution in [-0.2, 0) is 21.4 Å². The van der Waals surface area contributed by atoms with Crippen molar-refractivity contribution in [1.82, 2.24) is 9.71 Å². The SMILES string of the molecule is CC(=O)Nc1ccc(-c2csc(CNS(C)(=O)=O)n2)cc1. The molecule has 1 aromatic heterocycles. The quantitative estimate of drug-likeness (QED) is 0.877. The number of hydrogen-bond acceptors (Lipinski definition) is 5. The molecule has 1 aromatic carbocycles. The van der Waals surface area contributed by atoms with Gasteiger partial charge in [0.1, 0.15) is 5.01 Å². The van der Waals surface area contributed by atoms with Crippen molar-refractivity contribution in [2.24, 2.45) is 0 Å². The minimum absolute atomic E-state index is 0.120. The van der Waals surface area contributed by atoms with Crippen LogP contribution < -0.4 is 10.0 Å². The van der Waals surface area contributed by atoms with Gasteiger partial charge in [-0.1, -0.05) is 12.1 Å². The topological polar surface area (TPSA) is 88.2 Å². The van der Waals surface area contributed by atoms with Crippen molar-refractivity contribution in [3.63, 3.8) is 0 Å². The van der Waals surface area contributed by atoms with E-state index in [-0.39, 0.29) is 12.5 Å². The summed E-state index contributed by atoms with van der Waals surface area (Å²) >= 11 is 1.39. The lowest BCUT2D eigenvalue weighted by Crippen LogP contribution is -2.21. The zero-order valence-corrected chi connectivity index (χ0v) is 13.2. The van der Waals surface area contributed by atoms with Crippen LogP contribution in [0.25, 0.3) is 11.3 Å². The predicted octanol–water partition coefficient (Wildman–Crippen LogP) is 1.82. The van der Waals surface area contributed by atoms with Crippen LogP contribution >= 0.6 is 11.3 Å². The highest BCUT2D eigenvalue weighted by molar-refractivity contribution is 7.88. The summed E-state index contributed by atoms with van der Waals surface area (Å²) < 4.78 is 24.5. The zero-order chi connectivity index (χ0) is 15.5. The van der Waals surface area contributed by atoms with Crippen molar-refractivity contribution < 1.29 is 13.2 Å². The summed E-state index contributed by atoms with van der Waals surface area (Å²) in [5.74, 6) is -0.120. The highest BCUT2D eigenvalue weighted by atomic mass is 32.2. The summed E-state index contributed by atoms with van der Waals surface area (Å²) in [5.41, 5.74) is 2.41. The van der Waals surface area contributed by atoms with Crippen LogP contribution in [0.3, 0.4) is 0 Å². The van der Waals surface area contributed by atoms with Crippen molar-refractivity contribution >= 4 is 33.0 Å². The van der Waals surface area contributed by atoms with E-state index in [4.69, 9.17) is 0 Å². The van der Waals surface area contributed by atoms with Crippen molar-refractivity contribution in [3.8, 4) is 11.3 Å². The van der Waals surface area contributed by atoms with E-state index >= 15 is 0 Å². The van der Waals surface area contributed by atoms with Gasteiger partial charge in [0.15, 0.2) is 0 Å². The van der Waals surface area contributed by atoms with Gasteiger partial charge in [-0.25, -0.2) is 18.1 Å². The first-order chi connectivity index (χ1) is 9.83. The van der Waals surface area contributed by atoms with E-state index in [1.165, 1.54) is 18.3 Å². The van der Waals surface area contributed by atoms with Gasteiger partial charge >= 0.3 is 0 Å². The molecule has 0 unspecified atom stereocenters. The summed E-state index contributed by atoms with van der Waals surface area (Å²) in [4.78, 5) is 15.3. The van der Waals surface area contributed by atoms with Gasteiger partial charge in [0.2, 0.25) is 15.9 Å². The maximum absolute atomic E-state index is 11.0. The smallest absolute Gasteiger partial charge is 0.221 e. The first kappa shape index (κ1) is 15.6. The van der Waals surface area contributed by atoms with Crippen LogP contribution in [-0.4, -0.2) is 25.6 Å². The zero-order valence-electron chi connectivity index (χ0n) is 11.6. The van der Waals surface area contributed by atoms with E-state index in [1.807, 2.05) is 17.5 Å². The Morgan fingerprint density at radius 3 is 2.52 bits per heavy atom. The van der Waals surface area contributed by atoms with Crippen molar-refractivity contribution in [3.05, 3.63) is 34.7 Å². The summed E-state index contributed by atoms with van der Waals surface area (Å²) in [6.45, 7) is 1.64. The number of hydrogen-bond donors (Lipinski definition) is 2. The molecule has 8 heteroatoms. The lowest BCUT2D eigenvalue weighted by atomic mass is 10.1. The molecule has 6 nitrogen and oxygen atoms in total. The van der Waals surface area contributed by atoms with Gasteiger partial charge in [-0.3, -0.25) is 4.79 Å². The molecule has 21 heavy (non-hydrogen) atoms. The van der Waals surface area contributed by atoms with Gasteiger partial charge in [0, 0.05) is 23.6 Å². The third-order valence-corrected chi connectivity index (χ3v) is 4.06. The second-order valence-corrected chi connectivity index (χ2v) is 7.25. The molecular weight excluding hydrogens is 310 g/mol. The Balaban J connectivity index is 2.08. The number of benzene rings is 1. The van der Waals surface area contributed by atoms with E-state index in [2.05, 4.69) is 15.0 Å². The molecule has 2 rings (SSSR count). The number of thiazole rings is 1. The molecule has 1 amide bonds. The van der Waals surface area contributed by atoms with Gasteiger partial charge in [-0.15, -0.1) is 11.3 Å². The lowest BCUT2D eigenvalue weighted by Gasteiger charge is -2.02. The molecule has 0 atom stereocenters. The van der Waals surface area contributed by atoms with Crippen molar-refractivity contribution in [2.75, 3.05) is 11.6 Å². The predicted molar refractivity (Wildman–Crippen MR) is 83.5 cm³/mol. The van der Waals surface area contributed by atoms with E-state index in [1.54, 1.807) is 12.1 Å². The second kappa shape index (κ2) is 6.33. The maximum Gasteiger partial charge on any atom is 0.221 e. The molecule has 0 aliphatic carbocycles. The molecule has 0 radical (unpaired) electrons. The Labute approximate surface area is 127 Å². The van der Waals surface area contributed by atoms with Crippen LogP contribution in [0.1, 0.15) is 11.9 Å². The molecule has 0 fully saturated rings. The lowest BCUT2D eigenvalue weighted by molar-refractivity contribution is -0.114. The fourth-order valence-electron chi connectivity index (χ4n) is 1.65. The van der Waals surface area contributed by atoms with Crippen LogP contribution in [0.4, 0.5) is 5.69 Å². The number of anilines is 1. The average Bonchev–Trinajstić information content (AvgIpc) is 2.84. The fraction of sp³-hybridized carbons (Fsp3) is 0.231. The van der Waals surface area contributed by atoms with Crippen molar-refractivity contribution in [1.29, 1.82) is 0 Å². The number of aromatic nitrogens is 1. The summed E-state index contributed by atoms with van der Waals surface area (Å²) in [7, 11) is -3.22. The largest absolute Gasteiger partial charge is 0.326 e. The molecule has 0 saturated heterocycles. The minimum atomic E-state index is -3.22. The molecule has 0 aliphatic rings. The Morgan fingerprint density at radius 2 is 1.95 bits per heavy atom. The van der Waals surface area contributed by atoms with E-state index in [0.717, 1.165) is 23.2 Å². The van der Waals surface area contributed by atoms with Gasteiger partial charge in [0.05, 0.1) is 18.5 Å². The minimum Gasteiger partial charge on any atom is -0.326 e. The van der Waals surface area contributed by atoms with Crippen LogP contribution in [0.5, 0.6) is 0 Å². The molecule has 1 heterocycles. The van der Waals surface area contributed by atoms with Gasteiger partial charge in [-0.05, 0) is 12.1 Å². The van der Waals surface area contributed by atoms with Crippen LogP contribution in [0, 0.1) is 0 Å². The summed E-state index contributed by atoms with van der Waals surface area (Å²) in [5, 5.41) is 5.26. The summed E-state index contributed by atoms with van der Waals surface area (Å²) in [6.07, 6.45) is 1.11. The molecular formula is C13H15N3O3S2. The molecule has 112 valence electrons. The highest BCUT2D eigenvalue weighted by Crippen LogP contribution is 2.23. The standard InChI is InChI=1S/C13H15N3O3S2/c1-9(17)15-11-5-3-10(4-6-11)12-8-20-13(16-12)7-14-21(2,18)19/h3-6,8,14H,7H2,1-2H3,(H,15,17). The first-order valence-electron chi connectivity index (χ1n) is 6.10. The number of nitrogens with one attached hydrogen (secondary N) is 2. The molecule has 2 N–H and O–H groups in total. The average molecular weight is 325 g/mol. The molecule has 0 aliphatic heterocycles. The Kier molecular flexibility index (Phi) is 4.71. The molecule has 0 bridgehead atoms. The van der Waals surface area contributed by atoms with Crippen LogP contribution in [0.2, 0.25) is 0 Å². The number of sulfonamides is 1. The number of carbonyl (C=O) groups excluding carboxylic acids is 1. The molecule has 0 saturated carbocycles. The monoisotopic (exact) mass is 325 g/mol. The molecule has 0 spiro atoms. The Hall–Kier alpha value is -1.77. The Bertz CT molecular complexity index is 736. The highest BCUT2D eigenvalue weighted by Gasteiger charge is 2.07. The van der Waals surface area contributed by atoms with E-state index < -0.39 is 10.0 Å². The maximum atomic E-state index is 11.0. The van der Waals surface area contributed by atoms with Gasteiger partial charge in [0.25, 0.3) is 0 Å². The van der Waals surface area contributed by atoms with Crippen molar-refractivity contribution in [2.45, 2.75) is 13.5 Å². The van der Waals surface area contributed by atoms with Gasteiger partial charge in [-0.2, -0.15) is 0 Å². The third-order valence-electron chi connectivity index (χ3n) is 2.54. The normalized spacial score (nSPS) is 11.3. The Morgan fingerprint density at radius 1 is 1.29 bits per heavy atom. The first-order valence-corrected chi connectivity index (χ1v) is 8.88.